The number of nitro groups is 1. The molecule has 1 heterocycles. The van der Waals surface area contributed by atoms with E-state index < -0.39 is 10.2 Å². The highest BCUT2D eigenvalue weighted by molar-refractivity contribution is 8.02. The Bertz CT molecular complexity index is 1010. The second-order valence-corrected chi connectivity index (χ2v) is 8.35. The zero-order valence-electron chi connectivity index (χ0n) is 15.5. The van der Waals surface area contributed by atoms with Gasteiger partial charge in [0.05, 0.1) is 17.3 Å². The largest absolute Gasteiger partial charge is 0.497 e. The molecular weight excluding hydrogens is 414 g/mol. The number of carbonyl (C=O) groups is 1. The maximum atomic E-state index is 12.4. The fourth-order valence-electron chi connectivity index (χ4n) is 2.25. The van der Waals surface area contributed by atoms with Crippen molar-refractivity contribution < 1.29 is 14.5 Å². The minimum Gasteiger partial charge on any atom is -0.497 e. The molecule has 0 saturated carbocycles. The third-order valence-electron chi connectivity index (χ3n) is 3.72. The molecule has 1 amide bonds. The first-order valence-corrected chi connectivity index (χ1v) is 10.1. The lowest BCUT2D eigenvalue weighted by Crippen LogP contribution is -2.22. The number of nitrogens with one attached hydrogen (secondary N) is 2. The van der Waals surface area contributed by atoms with Crippen LogP contribution in [0.4, 0.5) is 22.2 Å². The van der Waals surface area contributed by atoms with Gasteiger partial charge in [-0.3, -0.25) is 14.9 Å². The number of hydrogen-bond donors (Lipinski definition) is 2. The van der Waals surface area contributed by atoms with Crippen LogP contribution in [-0.4, -0.2) is 33.4 Å². The van der Waals surface area contributed by atoms with E-state index in [0.717, 1.165) is 11.4 Å². The Balaban J connectivity index is 1.57. The van der Waals surface area contributed by atoms with Gasteiger partial charge in [0.15, 0.2) is 4.34 Å². The van der Waals surface area contributed by atoms with Crippen molar-refractivity contribution in [1.82, 2.24) is 10.2 Å². The number of anilines is 3. The summed E-state index contributed by atoms with van der Waals surface area (Å²) < 4.78 is 5.75. The van der Waals surface area contributed by atoms with Gasteiger partial charge in [0.2, 0.25) is 11.0 Å². The number of methoxy groups -OCH3 is 1. The Kier molecular flexibility index (Phi) is 6.62. The normalized spacial score (nSPS) is 11.5. The molecule has 1 atom stereocenters. The van der Waals surface area contributed by atoms with Gasteiger partial charge < -0.3 is 15.4 Å². The van der Waals surface area contributed by atoms with Crippen molar-refractivity contribution in [1.29, 1.82) is 0 Å². The number of amides is 1. The lowest BCUT2D eigenvalue weighted by Gasteiger charge is -2.10. The van der Waals surface area contributed by atoms with Gasteiger partial charge in [-0.15, -0.1) is 10.2 Å². The highest BCUT2D eigenvalue weighted by Crippen LogP contribution is 2.31. The maximum absolute atomic E-state index is 12.4. The molecule has 0 radical (unpaired) electrons. The number of nitrogens with zero attached hydrogens (tertiary/aromatic N) is 3. The predicted octanol–water partition coefficient (Wildman–Crippen LogP) is 4.32. The summed E-state index contributed by atoms with van der Waals surface area (Å²) in [6.45, 7) is 1.73. The van der Waals surface area contributed by atoms with Crippen LogP contribution in [-0.2, 0) is 4.79 Å². The van der Waals surface area contributed by atoms with Gasteiger partial charge in [0, 0.05) is 23.5 Å². The summed E-state index contributed by atoms with van der Waals surface area (Å²) in [6, 6.07) is 13.2. The summed E-state index contributed by atoms with van der Waals surface area (Å²) in [6.07, 6.45) is 0. The molecule has 1 aromatic heterocycles. The van der Waals surface area contributed by atoms with Crippen LogP contribution < -0.4 is 15.4 Å². The van der Waals surface area contributed by atoms with Crippen molar-refractivity contribution in [3.63, 3.8) is 0 Å². The average molecular weight is 431 g/mol. The van der Waals surface area contributed by atoms with Gasteiger partial charge in [0.1, 0.15) is 5.75 Å². The fourth-order valence-corrected chi connectivity index (χ4v) is 4.17. The number of aromatic nitrogens is 2. The van der Waals surface area contributed by atoms with E-state index >= 15 is 0 Å². The molecule has 29 heavy (non-hydrogen) atoms. The van der Waals surface area contributed by atoms with Crippen LogP contribution in [0.2, 0.25) is 0 Å². The van der Waals surface area contributed by atoms with E-state index in [1.807, 2.05) is 24.3 Å². The minimum atomic E-state index is -0.508. The van der Waals surface area contributed by atoms with Gasteiger partial charge in [0.25, 0.3) is 5.69 Å². The Hall–Kier alpha value is -3.18. The van der Waals surface area contributed by atoms with Crippen LogP contribution in [0.5, 0.6) is 5.75 Å². The number of hydrogen-bond acceptors (Lipinski definition) is 9. The van der Waals surface area contributed by atoms with Gasteiger partial charge >= 0.3 is 0 Å². The summed E-state index contributed by atoms with van der Waals surface area (Å²) in [5.74, 6) is 0.475. The van der Waals surface area contributed by atoms with Crippen LogP contribution in [0.25, 0.3) is 0 Å². The zero-order valence-corrected chi connectivity index (χ0v) is 17.1. The average Bonchev–Trinajstić information content (AvgIpc) is 3.15. The summed E-state index contributed by atoms with van der Waals surface area (Å²) in [5.41, 5.74) is 1.13. The number of carbonyl (C=O) groups excluding carboxylic acids is 1. The molecule has 3 rings (SSSR count). The van der Waals surface area contributed by atoms with E-state index in [1.165, 1.54) is 41.3 Å². The molecule has 1 unspecified atom stereocenters. The molecule has 0 fully saturated rings. The number of rotatable bonds is 8. The van der Waals surface area contributed by atoms with Gasteiger partial charge in [-0.05, 0) is 37.3 Å². The van der Waals surface area contributed by atoms with Crippen molar-refractivity contribution in [3.8, 4) is 5.75 Å². The van der Waals surface area contributed by atoms with E-state index in [4.69, 9.17) is 4.74 Å². The second-order valence-electron chi connectivity index (χ2n) is 5.78. The Morgan fingerprint density at radius 1 is 1.21 bits per heavy atom. The number of ether oxygens (including phenoxy) is 1. The summed E-state index contributed by atoms with van der Waals surface area (Å²) >= 11 is 2.58. The third-order valence-corrected chi connectivity index (χ3v) is 5.74. The summed E-state index contributed by atoms with van der Waals surface area (Å²) in [4.78, 5) is 22.7. The van der Waals surface area contributed by atoms with Crippen LogP contribution in [0, 0.1) is 10.1 Å². The topological polar surface area (TPSA) is 119 Å². The Labute approximate surface area is 174 Å². The Morgan fingerprint density at radius 2 is 1.97 bits per heavy atom. The van der Waals surface area contributed by atoms with Gasteiger partial charge in [-0.25, -0.2) is 0 Å². The molecule has 2 aromatic carbocycles. The first-order valence-electron chi connectivity index (χ1n) is 8.41. The monoisotopic (exact) mass is 431 g/mol. The van der Waals surface area contributed by atoms with E-state index in [9.17, 15) is 14.9 Å². The summed E-state index contributed by atoms with van der Waals surface area (Å²) in [7, 11) is 1.60. The van der Waals surface area contributed by atoms with Crippen LogP contribution in [0.1, 0.15) is 6.92 Å². The molecule has 0 spiro atoms. The van der Waals surface area contributed by atoms with Crippen LogP contribution >= 0.6 is 23.1 Å². The summed E-state index contributed by atoms with van der Waals surface area (Å²) in [5, 5.41) is 25.0. The first kappa shape index (κ1) is 20.6. The quantitative estimate of drug-likeness (QED) is 0.307. The van der Waals surface area contributed by atoms with Crippen LogP contribution in [0.3, 0.4) is 0 Å². The van der Waals surface area contributed by atoms with Crippen molar-refractivity contribution in [2.24, 2.45) is 0 Å². The first-order chi connectivity index (χ1) is 13.9. The van der Waals surface area contributed by atoms with Gasteiger partial charge in [-0.2, -0.15) is 0 Å². The van der Waals surface area contributed by atoms with E-state index in [-0.39, 0.29) is 11.6 Å². The predicted molar refractivity (Wildman–Crippen MR) is 113 cm³/mol. The van der Waals surface area contributed by atoms with Crippen LogP contribution in [0.15, 0.2) is 52.9 Å². The minimum absolute atomic E-state index is 0.0820. The number of thioether (sulfide) groups is 1. The fraction of sp³-hybridized carbons (Fsp3) is 0.167. The molecule has 0 aliphatic rings. The van der Waals surface area contributed by atoms with E-state index in [1.54, 1.807) is 20.1 Å². The smallest absolute Gasteiger partial charge is 0.271 e. The number of non-ortho nitro benzene ring substituents is 1. The Morgan fingerprint density at radius 3 is 2.66 bits per heavy atom. The molecule has 3 aromatic rings. The molecule has 9 nitrogen and oxygen atoms in total. The molecule has 11 heteroatoms. The lowest BCUT2D eigenvalue weighted by molar-refractivity contribution is -0.384. The van der Waals surface area contributed by atoms with Crippen molar-refractivity contribution in [3.05, 3.63) is 58.6 Å². The highest BCUT2D eigenvalue weighted by atomic mass is 32.2. The second kappa shape index (κ2) is 9.34. The standard InChI is InChI=1S/C18H17N5O4S2/c1-11(16(24)19-13-4-3-5-14(10-13)23(25)26)28-18-22-21-17(29-18)20-12-6-8-15(27-2)9-7-12/h3-11H,1-2H3,(H,19,24)(H,20,21). The van der Waals surface area contributed by atoms with E-state index in [0.29, 0.717) is 15.2 Å². The molecule has 0 aliphatic carbocycles. The lowest BCUT2D eigenvalue weighted by atomic mass is 10.2. The van der Waals surface area contributed by atoms with Crippen molar-refractivity contribution in [2.45, 2.75) is 16.5 Å². The number of benzene rings is 2. The third kappa shape index (κ3) is 5.65. The highest BCUT2D eigenvalue weighted by Gasteiger charge is 2.18. The zero-order chi connectivity index (χ0) is 20.8. The van der Waals surface area contributed by atoms with Gasteiger partial charge in [-0.1, -0.05) is 29.2 Å². The molecule has 150 valence electrons. The molecule has 0 saturated heterocycles. The molecule has 0 bridgehead atoms. The number of nitro benzene ring substituents is 1. The SMILES string of the molecule is COc1ccc(Nc2nnc(SC(C)C(=O)Nc3cccc([N+](=O)[O-])c3)s2)cc1. The molecule has 2 N–H and O–H groups in total. The molecule has 0 aliphatic heterocycles. The maximum Gasteiger partial charge on any atom is 0.271 e. The molecular formula is C18H17N5O4S2. The van der Waals surface area contributed by atoms with Crippen molar-refractivity contribution in [2.75, 3.05) is 17.7 Å². The van der Waals surface area contributed by atoms with E-state index in [2.05, 4.69) is 20.8 Å². The van der Waals surface area contributed by atoms with Crippen molar-refractivity contribution >= 4 is 51.2 Å².